The van der Waals surface area contributed by atoms with Crippen molar-refractivity contribution in [3.63, 3.8) is 0 Å². The van der Waals surface area contributed by atoms with Crippen LogP contribution in [0.25, 0.3) is 0 Å². The first kappa shape index (κ1) is 17.8. The third kappa shape index (κ3) is 3.86. The van der Waals surface area contributed by atoms with Gasteiger partial charge in [-0.2, -0.15) is 0 Å². The van der Waals surface area contributed by atoms with Gasteiger partial charge in [0.15, 0.2) is 0 Å². The monoisotopic (exact) mass is 348 g/mol. The van der Waals surface area contributed by atoms with Gasteiger partial charge < -0.3 is 10.0 Å². The lowest BCUT2D eigenvalue weighted by Gasteiger charge is -2.19. The van der Waals surface area contributed by atoms with Gasteiger partial charge in [0, 0.05) is 14.1 Å². The van der Waals surface area contributed by atoms with E-state index in [2.05, 4.69) is 4.72 Å². The fraction of sp³-hybridized carbons (Fsp3) is 0.235. The summed E-state index contributed by atoms with van der Waals surface area (Å²) in [7, 11) is -0.299. The van der Waals surface area contributed by atoms with Crippen molar-refractivity contribution in [2.75, 3.05) is 23.7 Å². The van der Waals surface area contributed by atoms with Gasteiger partial charge in [-0.25, -0.2) is 13.2 Å². The minimum atomic E-state index is -3.81. The summed E-state index contributed by atoms with van der Waals surface area (Å²) >= 11 is 0. The molecule has 0 atom stereocenters. The van der Waals surface area contributed by atoms with Gasteiger partial charge in [-0.1, -0.05) is 19.1 Å². The van der Waals surface area contributed by atoms with Crippen molar-refractivity contribution in [3.8, 4) is 0 Å². The van der Waals surface area contributed by atoms with Crippen molar-refractivity contribution in [2.45, 2.75) is 18.2 Å². The molecule has 0 spiro atoms. The molecule has 128 valence electrons. The number of sulfonamides is 1. The van der Waals surface area contributed by atoms with E-state index in [0.29, 0.717) is 5.69 Å². The molecule has 24 heavy (non-hydrogen) atoms. The Morgan fingerprint density at radius 1 is 1.12 bits per heavy atom. The molecule has 0 fully saturated rings. The largest absolute Gasteiger partial charge is 0.478 e. The topological polar surface area (TPSA) is 86.7 Å². The number of aromatic carboxylic acids is 1. The lowest BCUT2D eigenvalue weighted by molar-refractivity contribution is 0.0697. The fourth-order valence-electron chi connectivity index (χ4n) is 2.25. The van der Waals surface area contributed by atoms with Crippen LogP contribution in [-0.4, -0.2) is 33.6 Å². The lowest BCUT2D eigenvalue weighted by atomic mass is 10.1. The first-order valence-corrected chi connectivity index (χ1v) is 8.89. The van der Waals surface area contributed by atoms with E-state index in [1.807, 2.05) is 6.92 Å². The molecule has 2 rings (SSSR count). The quantitative estimate of drug-likeness (QED) is 0.838. The number of benzene rings is 2. The van der Waals surface area contributed by atoms with Gasteiger partial charge in [-0.15, -0.1) is 0 Å². The van der Waals surface area contributed by atoms with Gasteiger partial charge in [0.1, 0.15) is 0 Å². The van der Waals surface area contributed by atoms with Crippen LogP contribution in [0.2, 0.25) is 0 Å². The number of aryl methyl sites for hydroxylation is 1. The van der Waals surface area contributed by atoms with Gasteiger partial charge in [-0.05, 0) is 42.3 Å². The summed E-state index contributed by atoms with van der Waals surface area (Å²) < 4.78 is 27.6. The molecule has 0 unspecified atom stereocenters. The molecule has 0 radical (unpaired) electrons. The van der Waals surface area contributed by atoms with Crippen LogP contribution in [0, 0.1) is 0 Å². The van der Waals surface area contributed by atoms with E-state index >= 15 is 0 Å². The Balaban J connectivity index is 2.43. The first-order valence-electron chi connectivity index (χ1n) is 7.41. The number of nitrogens with one attached hydrogen (secondary N) is 1. The molecule has 6 nitrogen and oxygen atoms in total. The molecule has 0 saturated heterocycles. The SMILES string of the molecule is CCc1ccc(S(=O)(=O)Nc2cc(C(=O)O)ccc2N(C)C)cc1. The summed E-state index contributed by atoms with van der Waals surface area (Å²) in [5.74, 6) is -1.12. The van der Waals surface area contributed by atoms with Gasteiger partial charge >= 0.3 is 5.97 Å². The lowest BCUT2D eigenvalue weighted by Crippen LogP contribution is -2.18. The fourth-order valence-corrected chi connectivity index (χ4v) is 3.31. The summed E-state index contributed by atoms with van der Waals surface area (Å²) in [5.41, 5.74) is 1.85. The highest BCUT2D eigenvalue weighted by Crippen LogP contribution is 2.28. The van der Waals surface area contributed by atoms with E-state index in [-0.39, 0.29) is 16.1 Å². The van der Waals surface area contributed by atoms with Crippen molar-refractivity contribution in [1.29, 1.82) is 0 Å². The molecule has 0 saturated carbocycles. The van der Waals surface area contributed by atoms with Gasteiger partial charge in [0.2, 0.25) is 0 Å². The number of hydrogen-bond donors (Lipinski definition) is 2. The van der Waals surface area contributed by atoms with Crippen LogP contribution in [0.1, 0.15) is 22.8 Å². The van der Waals surface area contributed by atoms with Crippen LogP contribution in [0.3, 0.4) is 0 Å². The van der Waals surface area contributed by atoms with Crippen molar-refractivity contribution in [1.82, 2.24) is 0 Å². The molecule has 0 aromatic heterocycles. The van der Waals surface area contributed by atoms with Crippen LogP contribution in [0.4, 0.5) is 11.4 Å². The van der Waals surface area contributed by atoms with Crippen LogP contribution in [0.5, 0.6) is 0 Å². The van der Waals surface area contributed by atoms with E-state index in [1.165, 1.54) is 24.3 Å². The molecule has 0 heterocycles. The maximum Gasteiger partial charge on any atom is 0.335 e. The highest BCUT2D eigenvalue weighted by atomic mass is 32.2. The number of carboxylic acids is 1. The minimum Gasteiger partial charge on any atom is -0.478 e. The second kappa shape index (κ2) is 6.92. The second-order valence-electron chi connectivity index (χ2n) is 5.53. The maximum atomic E-state index is 12.6. The van der Waals surface area contributed by atoms with Crippen LogP contribution in [0.15, 0.2) is 47.4 Å². The average Bonchev–Trinajstić information content (AvgIpc) is 2.54. The molecule has 0 bridgehead atoms. The predicted molar refractivity (Wildman–Crippen MR) is 94.4 cm³/mol. The molecule has 2 N–H and O–H groups in total. The van der Waals surface area contributed by atoms with E-state index in [1.54, 1.807) is 37.2 Å². The second-order valence-corrected chi connectivity index (χ2v) is 7.22. The Hall–Kier alpha value is -2.54. The summed E-state index contributed by atoms with van der Waals surface area (Å²) in [5, 5.41) is 9.12. The number of hydrogen-bond acceptors (Lipinski definition) is 4. The standard InChI is InChI=1S/C17H20N2O4S/c1-4-12-5-8-14(9-6-12)24(22,23)18-15-11-13(17(20)21)7-10-16(15)19(2)3/h5-11,18H,4H2,1-3H3,(H,20,21). The summed E-state index contributed by atoms with van der Waals surface area (Å²) in [6, 6.07) is 10.9. The highest BCUT2D eigenvalue weighted by molar-refractivity contribution is 7.92. The number of anilines is 2. The Bertz CT molecular complexity index is 843. The number of carboxylic acid groups (broad SMARTS) is 1. The Morgan fingerprint density at radius 2 is 1.75 bits per heavy atom. The third-order valence-corrected chi connectivity index (χ3v) is 4.99. The molecule has 2 aromatic carbocycles. The summed E-state index contributed by atoms with van der Waals surface area (Å²) in [4.78, 5) is 13.0. The zero-order chi connectivity index (χ0) is 17.9. The summed E-state index contributed by atoms with van der Waals surface area (Å²) in [6.45, 7) is 1.99. The number of carbonyl (C=O) groups is 1. The van der Waals surface area contributed by atoms with Gasteiger partial charge in [0.05, 0.1) is 21.8 Å². The van der Waals surface area contributed by atoms with Crippen molar-refractivity contribution < 1.29 is 18.3 Å². The van der Waals surface area contributed by atoms with E-state index in [9.17, 15) is 13.2 Å². The minimum absolute atomic E-state index is 0.0135. The predicted octanol–water partition coefficient (Wildman–Crippen LogP) is 2.81. The van der Waals surface area contributed by atoms with Gasteiger partial charge in [-0.3, -0.25) is 4.72 Å². The van der Waals surface area contributed by atoms with Crippen LogP contribution >= 0.6 is 0 Å². The van der Waals surface area contributed by atoms with Crippen molar-refractivity contribution >= 4 is 27.4 Å². The molecular weight excluding hydrogens is 328 g/mol. The Labute approximate surface area is 141 Å². The summed E-state index contributed by atoms with van der Waals surface area (Å²) in [6.07, 6.45) is 0.819. The molecule has 0 aliphatic carbocycles. The van der Waals surface area contributed by atoms with Crippen molar-refractivity contribution in [3.05, 3.63) is 53.6 Å². The third-order valence-electron chi connectivity index (χ3n) is 3.61. The van der Waals surface area contributed by atoms with Crippen LogP contribution in [-0.2, 0) is 16.4 Å². The highest BCUT2D eigenvalue weighted by Gasteiger charge is 2.18. The first-order chi connectivity index (χ1) is 11.2. The van der Waals surface area contributed by atoms with E-state index in [0.717, 1.165) is 12.0 Å². The number of rotatable bonds is 6. The zero-order valence-electron chi connectivity index (χ0n) is 13.8. The normalized spacial score (nSPS) is 11.1. The molecule has 7 heteroatoms. The average molecular weight is 348 g/mol. The van der Waals surface area contributed by atoms with Crippen molar-refractivity contribution in [2.24, 2.45) is 0 Å². The smallest absolute Gasteiger partial charge is 0.335 e. The molecule has 0 amide bonds. The van der Waals surface area contributed by atoms with E-state index in [4.69, 9.17) is 5.11 Å². The Morgan fingerprint density at radius 3 is 2.25 bits per heavy atom. The molecular formula is C17H20N2O4S. The molecule has 0 aliphatic heterocycles. The number of nitrogens with zero attached hydrogens (tertiary/aromatic N) is 1. The molecule has 0 aliphatic rings. The zero-order valence-corrected chi connectivity index (χ0v) is 14.6. The van der Waals surface area contributed by atoms with Crippen LogP contribution < -0.4 is 9.62 Å². The maximum absolute atomic E-state index is 12.6. The van der Waals surface area contributed by atoms with E-state index < -0.39 is 16.0 Å². The van der Waals surface area contributed by atoms with Gasteiger partial charge in [0.25, 0.3) is 10.0 Å². The molecule has 2 aromatic rings. The Kier molecular flexibility index (Phi) is 5.14.